The van der Waals surface area contributed by atoms with E-state index in [1.165, 1.54) is 117 Å². The van der Waals surface area contributed by atoms with Gasteiger partial charge >= 0.3 is 54.0 Å². The molecule has 1 saturated carbocycles. The summed E-state index contributed by atoms with van der Waals surface area (Å²) in [5.74, 6) is -1.00. The average molecular weight is 1620 g/mol. The van der Waals surface area contributed by atoms with Crippen LogP contribution in [0.3, 0.4) is 0 Å². The van der Waals surface area contributed by atoms with E-state index in [4.69, 9.17) is 32.4 Å². The summed E-state index contributed by atoms with van der Waals surface area (Å²) in [6.45, 7) is 26.4. The van der Waals surface area contributed by atoms with Crippen LogP contribution in [0.25, 0.3) is 11.1 Å². The molecule has 600 valence electrons. The average Bonchev–Trinajstić information content (AvgIpc) is 1.68. The van der Waals surface area contributed by atoms with E-state index < -0.39 is 69.7 Å². The number of nitrogen functional groups attached to an aromatic ring is 2. The van der Waals surface area contributed by atoms with Crippen molar-refractivity contribution in [3.63, 3.8) is 0 Å². The predicted molar refractivity (Wildman–Crippen MR) is 397 cm³/mol. The molecular weight excluding hydrogens is 1520 g/mol. The molecule has 0 bridgehead atoms. The van der Waals surface area contributed by atoms with Crippen molar-refractivity contribution >= 4 is 99.7 Å². The highest BCUT2D eigenvalue weighted by molar-refractivity contribution is 8.00. The van der Waals surface area contributed by atoms with E-state index >= 15 is 0 Å². The van der Waals surface area contributed by atoms with E-state index in [0.717, 1.165) is 67.8 Å². The van der Waals surface area contributed by atoms with Gasteiger partial charge in [0.2, 0.25) is 0 Å². The number of carbonyl (C=O) groups is 3. The fourth-order valence-electron chi connectivity index (χ4n) is 10.6. The molecule has 35 heteroatoms. The second kappa shape index (κ2) is 42.7. The number of Topliss-reactive ketones (excluding diaryl/α,β-unsaturated/α-hetero) is 1. The van der Waals surface area contributed by atoms with Crippen LogP contribution in [0.15, 0.2) is 132 Å². The monoisotopic (exact) mass is 1610 g/mol. The lowest BCUT2D eigenvalue weighted by molar-refractivity contribution is -0.123. The van der Waals surface area contributed by atoms with Crippen LogP contribution in [-0.2, 0) is 52.3 Å². The standard InChI is InChI=1S/C19H19FN2O.C13H17N.C12H18BNO2.C8H11F3O3S.C7H12O.C6H3ClFNO.C6H15N.C2F6O5S2/c1-13-4-2-3-5-16(13)14-6-8-15(9-7-14)22-19(23)17-10-11-21-12-18(17)20;1-10-4-2-3-5-13(10)11-6-8-12(14)9-7-11;1-11(2)12(3,4)16-13(15-11)9-5-7-10(14)8-6-9;1-6-4-2-3-5-7(6)14-15(12,13)8(9,10)11;1-6-4-2-3-5-7(6)8;7-6(10)4-1-2-9-3-5(4)8;1-4-7(5-2)6-3;3-1(4,5)14(9,10)13-15(11,12)2(6,7)8/h6-12H,2-5H2,1H3,(H,22,23);6-9H,2-5,14H2,1H3;5-8H,14H2,1-4H3;2-5H2,1H3;6H,2-5H2,1H3;1-3H;4-6H2,1-3H3;. The Morgan fingerprint density at radius 1 is 0.565 bits per heavy atom. The van der Waals surface area contributed by atoms with Crippen molar-refractivity contribution in [2.75, 3.05) is 36.4 Å². The second-order valence-electron chi connectivity index (χ2n) is 26.3. The molecule has 1 atom stereocenters. The third kappa shape index (κ3) is 30.5. The molecule has 2 aromatic heterocycles. The Hall–Kier alpha value is -7.34. The van der Waals surface area contributed by atoms with E-state index in [1.807, 2.05) is 98.9 Å². The molecule has 5 aliphatic rings. The molecule has 5 aromatic rings. The molecule has 0 spiro atoms. The Balaban J connectivity index is 0.000000328. The number of hydrogen-bond donors (Lipinski definition) is 3. The van der Waals surface area contributed by atoms with Gasteiger partial charge < -0.3 is 35.2 Å². The summed E-state index contributed by atoms with van der Waals surface area (Å²) in [6.07, 6.45) is 21.3. The molecule has 2 fully saturated rings. The number of alkyl halides is 9. The third-order valence-electron chi connectivity index (χ3n) is 17.8. The molecule has 19 nitrogen and oxygen atoms in total. The normalized spacial score (nSPS) is 17.3. The highest BCUT2D eigenvalue weighted by Gasteiger charge is 2.58. The SMILES string of the molecule is CC1(C)OB(c2ccc(N)cc2)OC1(C)C.CC1=C(OS(=O)(=O)C(F)(F)F)CCCC1.CC1=C(c2ccc(N)cc2)CCCC1.CC1=C(c2ccc(NC(=O)c3ccncc3F)cc2)CCCC1.CC1CCCCC1=O.CCN(CC)CC.O=C(Cl)c1ccncc1F.O=S(=O)(OS(=O)(=O)C(F)(F)F)C(F)(F)F. The number of halogens is 12. The van der Waals surface area contributed by atoms with E-state index in [1.54, 1.807) is 12.5 Å². The largest absolute Gasteiger partial charge is 0.534 e. The maximum Gasteiger partial charge on any atom is 0.534 e. The van der Waals surface area contributed by atoms with Gasteiger partial charge in [0.05, 0.1) is 34.7 Å². The lowest BCUT2D eigenvalue weighted by Crippen LogP contribution is -2.41. The van der Waals surface area contributed by atoms with Gasteiger partial charge in [-0.15, -0.1) is 3.63 Å². The molecule has 3 heterocycles. The first-order valence-electron chi connectivity index (χ1n) is 34.6. The molecule has 5 N–H and O–H groups in total. The van der Waals surface area contributed by atoms with Crippen LogP contribution >= 0.6 is 11.6 Å². The van der Waals surface area contributed by atoms with Gasteiger partial charge in [0.25, 0.3) is 11.1 Å². The van der Waals surface area contributed by atoms with E-state index in [9.17, 15) is 87.9 Å². The van der Waals surface area contributed by atoms with Crippen molar-refractivity contribution in [3.8, 4) is 0 Å². The maximum atomic E-state index is 13.6. The summed E-state index contributed by atoms with van der Waals surface area (Å²) in [6, 6.07) is 26.2. The highest BCUT2D eigenvalue weighted by Crippen LogP contribution is 2.39. The summed E-state index contributed by atoms with van der Waals surface area (Å²) < 4.78 is 209. The molecule has 1 unspecified atom stereocenters. The Labute approximate surface area is 631 Å². The number of allylic oxidation sites excluding steroid dienone is 6. The molecule has 1 aliphatic heterocycles. The molecule has 108 heavy (non-hydrogen) atoms. The number of carbonyl (C=O) groups excluding carboxylic acids is 3. The number of hydrogen-bond acceptors (Lipinski definition) is 18. The fourth-order valence-corrected chi connectivity index (χ4v) is 12.9. The molecule has 3 aromatic carbocycles. The van der Waals surface area contributed by atoms with Crippen LogP contribution in [0.1, 0.15) is 211 Å². The van der Waals surface area contributed by atoms with Crippen LogP contribution < -0.4 is 22.2 Å². The zero-order valence-corrected chi connectivity index (χ0v) is 65.3. The predicted octanol–water partition coefficient (Wildman–Crippen LogP) is 18.1. The lowest BCUT2D eigenvalue weighted by Gasteiger charge is -2.32. The number of nitrogens with zero attached hydrogens (tertiary/aromatic N) is 3. The summed E-state index contributed by atoms with van der Waals surface area (Å²) >= 11 is 5.00. The van der Waals surface area contributed by atoms with Crippen LogP contribution in [0.2, 0.25) is 0 Å². The topological polar surface area (TPSA) is 284 Å². The first-order valence-corrected chi connectivity index (χ1v) is 39.2. The molecular formula is C73H95BClF11N6O13S3. The Kier molecular flexibility index (Phi) is 37.5. The van der Waals surface area contributed by atoms with E-state index in [-0.39, 0.29) is 41.6 Å². The molecule has 1 amide bonds. The van der Waals surface area contributed by atoms with Gasteiger partial charge in [-0.2, -0.15) is 64.8 Å². The van der Waals surface area contributed by atoms with Crippen molar-refractivity contribution in [2.24, 2.45) is 5.92 Å². The van der Waals surface area contributed by atoms with Crippen molar-refractivity contribution in [1.82, 2.24) is 14.9 Å². The number of pyridine rings is 2. The third-order valence-corrected chi connectivity index (χ3v) is 21.6. The van der Waals surface area contributed by atoms with Crippen LogP contribution in [0.4, 0.5) is 65.4 Å². The minimum absolute atomic E-state index is 0.00471. The molecule has 10 rings (SSSR count). The molecule has 4 aliphatic carbocycles. The molecule has 1 saturated heterocycles. The minimum Gasteiger partial charge on any atom is -0.399 e. The summed E-state index contributed by atoms with van der Waals surface area (Å²) in [5.41, 5.74) is 5.09. The Bertz CT molecular complexity index is 4140. The second-order valence-corrected chi connectivity index (χ2v) is 31.5. The van der Waals surface area contributed by atoms with E-state index in [2.05, 4.69) is 71.1 Å². The van der Waals surface area contributed by atoms with Gasteiger partial charge in [-0.3, -0.25) is 24.4 Å². The van der Waals surface area contributed by atoms with Gasteiger partial charge in [-0.25, -0.2) is 8.78 Å². The summed E-state index contributed by atoms with van der Waals surface area (Å²) in [7, 11) is -19.5. The number of aromatic nitrogens is 2. The van der Waals surface area contributed by atoms with Gasteiger partial charge in [0, 0.05) is 48.2 Å². The first kappa shape index (κ1) is 94.9. The van der Waals surface area contributed by atoms with E-state index in [0.29, 0.717) is 35.8 Å². The van der Waals surface area contributed by atoms with Crippen molar-refractivity contribution in [3.05, 3.63) is 166 Å². The van der Waals surface area contributed by atoms with Gasteiger partial charge in [-0.1, -0.05) is 81.7 Å². The van der Waals surface area contributed by atoms with Gasteiger partial charge in [-0.05, 0) is 245 Å². The Morgan fingerprint density at radius 3 is 1.29 bits per heavy atom. The summed E-state index contributed by atoms with van der Waals surface area (Å²) in [5, 5.41) is 1.91. The zero-order valence-electron chi connectivity index (χ0n) is 62.0. The van der Waals surface area contributed by atoms with Crippen LogP contribution in [0.5, 0.6) is 0 Å². The number of nitrogens with one attached hydrogen (secondary N) is 1. The van der Waals surface area contributed by atoms with Crippen LogP contribution in [-0.4, -0.2) is 112 Å². The smallest absolute Gasteiger partial charge is 0.399 e. The number of rotatable bonds is 13. The van der Waals surface area contributed by atoms with Crippen molar-refractivity contribution < 1.29 is 105 Å². The summed E-state index contributed by atoms with van der Waals surface area (Å²) in [4.78, 5) is 42.7. The van der Waals surface area contributed by atoms with Crippen molar-refractivity contribution in [2.45, 2.75) is 207 Å². The molecule has 0 radical (unpaired) electrons. The van der Waals surface area contributed by atoms with Gasteiger partial charge in [0.15, 0.2) is 11.6 Å². The highest BCUT2D eigenvalue weighted by atomic mass is 35.5. The van der Waals surface area contributed by atoms with Crippen LogP contribution in [0, 0.1) is 17.6 Å². The minimum atomic E-state index is -6.85. The van der Waals surface area contributed by atoms with Gasteiger partial charge in [0.1, 0.15) is 11.5 Å². The number of ketones is 1. The first-order chi connectivity index (χ1) is 50.0. The number of anilines is 3. The van der Waals surface area contributed by atoms with Crippen molar-refractivity contribution in [1.29, 1.82) is 0 Å². The number of benzene rings is 3. The fraction of sp³-hybridized carbons (Fsp3) is 0.493. The number of amides is 1. The Morgan fingerprint density at radius 2 is 0.944 bits per heavy atom. The zero-order chi connectivity index (χ0) is 81.8. The number of nitrogens with two attached hydrogens (primary N) is 2. The maximum absolute atomic E-state index is 13.6. The quantitative estimate of drug-likeness (QED) is 0.0247. The lowest BCUT2D eigenvalue weighted by atomic mass is 9.79.